The second-order valence-corrected chi connectivity index (χ2v) is 1.90. The largest absolute Gasteiger partial charge is 0.376 e. The van der Waals surface area contributed by atoms with E-state index in [1.807, 2.05) is 0 Å². The van der Waals surface area contributed by atoms with Gasteiger partial charge in [-0.2, -0.15) is 0 Å². The Balaban J connectivity index is 2.31. The fraction of sp³-hybridized carbons (Fsp3) is 0.600. The molecule has 4 heteroatoms. The van der Waals surface area contributed by atoms with Crippen LogP contribution in [0.15, 0.2) is 12.4 Å². The smallest absolute Gasteiger partial charge is 0.116 e. The highest BCUT2D eigenvalue weighted by Crippen LogP contribution is 2.02. The lowest BCUT2D eigenvalue weighted by molar-refractivity contribution is 0.0866. The summed E-state index contributed by atoms with van der Waals surface area (Å²) >= 11 is 0. The summed E-state index contributed by atoms with van der Waals surface area (Å²) in [6.07, 6.45) is 3.46. The topological polar surface area (TPSA) is 46.9 Å². The van der Waals surface area contributed by atoms with Crippen molar-refractivity contribution < 1.29 is 10.2 Å². The molecule has 0 radical (unpaired) electrons. The van der Waals surface area contributed by atoms with Gasteiger partial charge in [0.25, 0.3) is 0 Å². The summed E-state index contributed by atoms with van der Waals surface area (Å²) in [5.74, 6) is 0. The van der Waals surface area contributed by atoms with Gasteiger partial charge in [-0.1, -0.05) is 0 Å². The number of aliphatic hydroxyl groups excluding tert-OH is 2. The van der Waals surface area contributed by atoms with Crippen molar-refractivity contribution in [3.8, 4) is 0 Å². The molecule has 0 amide bonds. The highest BCUT2D eigenvalue weighted by atomic mass is 16.3. The van der Waals surface area contributed by atoms with Crippen molar-refractivity contribution in [2.45, 2.75) is 0 Å². The molecule has 1 aliphatic heterocycles. The van der Waals surface area contributed by atoms with Crippen LogP contribution in [0.2, 0.25) is 0 Å². The number of nitrogens with zero attached hydrogens (tertiary/aromatic N) is 2. The van der Waals surface area contributed by atoms with E-state index in [4.69, 9.17) is 10.2 Å². The zero-order valence-corrected chi connectivity index (χ0v) is 5.06. The van der Waals surface area contributed by atoms with Gasteiger partial charge < -0.3 is 20.0 Å². The van der Waals surface area contributed by atoms with Crippen molar-refractivity contribution in [3.63, 3.8) is 0 Å². The maximum Gasteiger partial charge on any atom is 0.116 e. The van der Waals surface area contributed by atoms with E-state index in [1.54, 1.807) is 22.2 Å². The molecule has 0 aromatic rings. The lowest BCUT2D eigenvalue weighted by Gasteiger charge is -2.16. The van der Waals surface area contributed by atoms with Crippen LogP contribution in [0.3, 0.4) is 0 Å². The van der Waals surface area contributed by atoms with E-state index in [0.717, 1.165) is 0 Å². The van der Waals surface area contributed by atoms with Crippen LogP contribution in [-0.4, -0.2) is 40.1 Å². The minimum Gasteiger partial charge on any atom is -0.376 e. The molecule has 1 rings (SSSR count). The Bertz CT molecular complexity index is 104. The molecule has 0 atom stereocenters. The normalized spacial score (nSPS) is 17.6. The van der Waals surface area contributed by atoms with Crippen molar-refractivity contribution in [3.05, 3.63) is 12.4 Å². The second kappa shape index (κ2) is 2.70. The van der Waals surface area contributed by atoms with Crippen molar-refractivity contribution in [1.82, 2.24) is 9.80 Å². The molecule has 1 heterocycles. The highest BCUT2D eigenvalue weighted by Gasteiger charge is 2.07. The first-order valence-corrected chi connectivity index (χ1v) is 2.75. The Labute approximate surface area is 53.6 Å². The molecule has 0 unspecified atom stereocenters. The average Bonchev–Trinajstić information content (AvgIpc) is 2.34. The van der Waals surface area contributed by atoms with Crippen LogP contribution in [0, 0.1) is 0 Å². The average molecular weight is 130 g/mol. The van der Waals surface area contributed by atoms with Gasteiger partial charge in [-0.3, -0.25) is 0 Å². The highest BCUT2D eigenvalue weighted by molar-refractivity contribution is 4.87. The van der Waals surface area contributed by atoms with E-state index >= 15 is 0 Å². The molecular formula is C5H10N2O2. The first-order chi connectivity index (χ1) is 4.36. The third-order valence-electron chi connectivity index (χ3n) is 1.21. The summed E-state index contributed by atoms with van der Waals surface area (Å²) in [5, 5.41) is 17.1. The van der Waals surface area contributed by atoms with Crippen LogP contribution >= 0.6 is 0 Å². The zero-order valence-electron chi connectivity index (χ0n) is 5.06. The zero-order chi connectivity index (χ0) is 6.69. The molecule has 0 saturated carbocycles. The van der Waals surface area contributed by atoms with Crippen LogP contribution in [-0.2, 0) is 0 Å². The van der Waals surface area contributed by atoms with Gasteiger partial charge in [0.2, 0.25) is 0 Å². The third kappa shape index (κ3) is 1.34. The van der Waals surface area contributed by atoms with Gasteiger partial charge >= 0.3 is 0 Å². The van der Waals surface area contributed by atoms with E-state index < -0.39 is 0 Å². The minimum atomic E-state index is 0.00694. The van der Waals surface area contributed by atoms with Gasteiger partial charge in [0, 0.05) is 12.4 Å². The number of hydrogen-bond acceptors (Lipinski definition) is 4. The van der Waals surface area contributed by atoms with Crippen molar-refractivity contribution in [2.24, 2.45) is 0 Å². The molecule has 1 aliphatic rings. The maximum atomic E-state index is 8.55. The summed E-state index contributed by atoms with van der Waals surface area (Å²) in [6.45, 7) is 0.590. The number of hydrogen-bond donors (Lipinski definition) is 2. The lowest BCUT2D eigenvalue weighted by atomic mass is 10.8. The molecule has 52 valence electrons. The molecule has 0 aromatic carbocycles. The summed E-state index contributed by atoms with van der Waals surface area (Å²) in [7, 11) is 0. The van der Waals surface area contributed by atoms with Gasteiger partial charge in [-0.05, 0) is 0 Å². The van der Waals surface area contributed by atoms with Crippen LogP contribution < -0.4 is 0 Å². The molecule has 0 saturated heterocycles. The Kier molecular flexibility index (Phi) is 1.92. The van der Waals surface area contributed by atoms with Crippen LogP contribution in [0.4, 0.5) is 0 Å². The third-order valence-corrected chi connectivity index (χ3v) is 1.21. The standard InChI is InChI=1S/C5H10N2O2/c8-4-6-1-2-7(3-6)5-9/h1-2,8-9H,3-5H2. The van der Waals surface area contributed by atoms with Crippen molar-refractivity contribution in [2.75, 3.05) is 20.1 Å². The molecule has 0 spiro atoms. The van der Waals surface area contributed by atoms with Crippen molar-refractivity contribution >= 4 is 0 Å². The molecule has 9 heavy (non-hydrogen) atoms. The predicted molar refractivity (Wildman–Crippen MR) is 31.9 cm³/mol. The quantitative estimate of drug-likeness (QED) is 0.500. The van der Waals surface area contributed by atoms with Crippen LogP contribution in [0.25, 0.3) is 0 Å². The van der Waals surface area contributed by atoms with E-state index in [9.17, 15) is 0 Å². The van der Waals surface area contributed by atoms with E-state index in [-0.39, 0.29) is 13.5 Å². The summed E-state index contributed by atoms with van der Waals surface area (Å²) < 4.78 is 0. The van der Waals surface area contributed by atoms with E-state index in [1.165, 1.54) is 0 Å². The van der Waals surface area contributed by atoms with Gasteiger partial charge in [-0.25, -0.2) is 0 Å². The van der Waals surface area contributed by atoms with Gasteiger partial charge in [-0.15, -0.1) is 0 Å². The first kappa shape index (κ1) is 6.38. The van der Waals surface area contributed by atoms with Gasteiger partial charge in [0.15, 0.2) is 0 Å². The monoisotopic (exact) mass is 130 g/mol. The molecule has 4 nitrogen and oxygen atoms in total. The Morgan fingerprint density at radius 3 is 1.78 bits per heavy atom. The number of rotatable bonds is 2. The Morgan fingerprint density at radius 2 is 1.56 bits per heavy atom. The molecule has 0 bridgehead atoms. The SMILES string of the molecule is OCN1C=CN(CO)C1. The van der Waals surface area contributed by atoms with Crippen LogP contribution in [0.5, 0.6) is 0 Å². The van der Waals surface area contributed by atoms with Gasteiger partial charge in [0.05, 0.1) is 6.67 Å². The molecule has 0 aromatic heterocycles. The summed E-state index contributed by atoms with van der Waals surface area (Å²) in [4.78, 5) is 3.35. The van der Waals surface area contributed by atoms with E-state index in [2.05, 4.69) is 0 Å². The minimum absolute atomic E-state index is 0.00694. The fourth-order valence-corrected chi connectivity index (χ4v) is 0.700. The first-order valence-electron chi connectivity index (χ1n) is 2.75. The summed E-state index contributed by atoms with van der Waals surface area (Å²) in [5.41, 5.74) is 0. The number of aliphatic hydroxyl groups is 2. The van der Waals surface area contributed by atoms with Crippen molar-refractivity contribution in [1.29, 1.82) is 0 Å². The van der Waals surface area contributed by atoms with E-state index in [0.29, 0.717) is 6.67 Å². The maximum absolute atomic E-state index is 8.55. The molecule has 0 aliphatic carbocycles. The predicted octanol–water partition coefficient (Wildman–Crippen LogP) is -1.07. The van der Waals surface area contributed by atoms with Crippen LogP contribution in [0.1, 0.15) is 0 Å². The lowest BCUT2D eigenvalue weighted by Crippen LogP contribution is -2.26. The molecule has 2 N–H and O–H groups in total. The summed E-state index contributed by atoms with van der Waals surface area (Å²) in [6, 6.07) is 0. The molecular weight excluding hydrogens is 120 g/mol. The Hall–Kier alpha value is -0.740. The fourth-order valence-electron chi connectivity index (χ4n) is 0.700. The van der Waals surface area contributed by atoms with Gasteiger partial charge in [0.1, 0.15) is 13.5 Å². The second-order valence-electron chi connectivity index (χ2n) is 1.90. The Morgan fingerprint density at radius 1 is 1.11 bits per heavy atom. The molecule has 0 fully saturated rings.